The molecular weight excluding hydrogens is 1020 g/mol. The predicted octanol–water partition coefficient (Wildman–Crippen LogP) is 3.39. The van der Waals surface area contributed by atoms with Gasteiger partial charge in [-0.3, -0.25) is 19.2 Å². The summed E-state index contributed by atoms with van der Waals surface area (Å²) in [5.74, 6) is 0.668. The first kappa shape index (κ1) is 71.1. The Labute approximate surface area is 454 Å². The Morgan fingerprint density at radius 2 is 1.00 bits per heavy atom. The molecule has 6 atom stereocenters. The van der Waals surface area contributed by atoms with E-state index in [0.29, 0.717) is 197 Å². The monoisotopic (exact) mass is 1120 g/mol. The van der Waals surface area contributed by atoms with Crippen molar-refractivity contribution in [3.63, 3.8) is 0 Å². The van der Waals surface area contributed by atoms with Crippen molar-refractivity contribution in [2.75, 3.05) is 178 Å². The topological polar surface area (TPSA) is 258 Å². The van der Waals surface area contributed by atoms with Crippen molar-refractivity contribution in [3.8, 4) is 0 Å². The average molecular weight is 1120 g/mol. The lowest BCUT2D eigenvalue weighted by Crippen LogP contribution is -2.64. The Balaban J connectivity index is 1.73. The number of carbonyl (C=O) groups is 3. The van der Waals surface area contributed by atoms with E-state index < -0.39 is 48.0 Å². The SMILES string of the molecule is [C-]#[N+]C(C)(CCC(=O)CCCOCCOCCOCCOCCOCCOCCOCCOCCOCCOCCOCCOCC(=O)CCCCCCO[C@@H]1O[C@H](CO)[C@H](O)[C@H](O)[C@H]1NC(C)=O)SC(=C)SCC. The van der Waals surface area contributed by atoms with Gasteiger partial charge in [-0.25, -0.2) is 6.57 Å². The van der Waals surface area contributed by atoms with E-state index in [1.54, 1.807) is 11.8 Å². The van der Waals surface area contributed by atoms with E-state index in [1.165, 1.54) is 18.7 Å². The van der Waals surface area contributed by atoms with E-state index in [1.807, 2.05) is 13.8 Å². The highest BCUT2D eigenvalue weighted by Gasteiger charge is 2.45. The van der Waals surface area contributed by atoms with Gasteiger partial charge in [-0.2, -0.15) is 0 Å². The third kappa shape index (κ3) is 41.7. The molecule has 1 fully saturated rings. The highest BCUT2D eigenvalue weighted by atomic mass is 32.2. The van der Waals surface area contributed by atoms with Crippen LogP contribution in [0.15, 0.2) is 10.8 Å². The molecule has 0 saturated carbocycles. The standard InChI is InChI=1S/C51H92N2O20S2/c1-6-74-43(3)75-51(4,52-5)15-14-44(56)13-11-16-60-18-19-61-20-21-62-22-23-63-24-25-64-26-27-65-28-29-66-30-31-67-32-33-68-34-35-69-36-37-70-38-39-71-41-45(57)12-9-7-8-10-17-72-50-47(53-42(2)55)49(59)48(58)46(40-54)73-50/h46-50,54,58-59H,3,6-41H2,1-2,4H3,(H,53,55)/t46-,47-,48+,49-,50-,51?/m1/s1. The highest BCUT2D eigenvalue weighted by molar-refractivity contribution is 8.22. The smallest absolute Gasteiger partial charge is 0.280 e. The molecule has 0 radical (unpaired) electrons. The van der Waals surface area contributed by atoms with Crippen LogP contribution in [-0.2, 0) is 80.7 Å². The fourth-order valence-corrected chi connectivity index (χ4v) is 8.89. The maximum absolute atomic E-state index is 12.3. The van der Waals surface area contributed by atoms with Crippen LogP contribution in [0.1, 0.15) is 78.6 Å². The molecule has 0 aromatic rings. The number of carbonyl (C=O) groups excluding carboxylic acids is 3. The molecule has 1 saturated heterocycles. The summed E-state index contributed by atoms with van der Waals surface area (Å²) in [5, 5.41) is 32.4. The fourth-order valence-electron chi connectivity index (χ4n) is 6.70. The Morgan fingerprint density at radius 3 is 1.41 bits per heavy atom. The molecule has 1 aliphatic rings. The number of Topliss-reactive ketones (excluding diaryl/α,β-unsaturated/α-hetero) is 2. The quantitative estimate of drug-likeness (QED) is 0.0503. The number of aliphatic hydroxyl groups is 3. The maximum atomic E-state index is 12.3. The molecule has 0 aromatic carbocycles. The summed E-state index contributed by atoms with van der Waals surface area (Å²) in [6.07, 6.45) is 0.634. The van der Waals surface area contributed by atoms with Gasteiger partial charge >= 0.3 is 0 Å². The second-order valence-electron chi connectivity index (χ2n) is 17.1. The van der Waals surface area contributed by atoms with Crippen LogP contribution in [-0.4, -0.2) is 246 Å². The van der Waals surface area contributed by atoms with Gasteiger partial charge in [0.15, 0.2) is 12.1 Å². The Bertz CT molecular complexity index is 1460. The summed E-state index contributed by atoms with van der Waals surface area (Å²) < 4.78 is 78.2. The average Bonchev–Trinajstić information content (AvgIpc) is 3.39. The molecule has 1 amide bonds. The van der Waals surface area contributed by atoms with Crippen LogP contribution < -0.4 is 5.32 Å². The summed E-state index contributed by atoms with van der Waals surface area (Å²) in [7, 11) is 0. The molecule has 4 N–H and O–H groups in total. The van der Waals surface area contributed by atoms with Crippen LogP contribution >= 0.6 is 23.5 Å². The van der Waals surface area contributed by atoms with Gasteiger partial charge in [0.2, 0.25) is 5.91 Å². The molecule has 438 valence electrons. The highest BCUT2D eigenvalue weighted by Crippen LogP contribution is 2.41. The van der Waals surface area contributed by atoms with E-state index >= 15 is 0 Å². The molecular formula is C51H92N2O20S2. The molecule has 0 aliphatic carbocycles. The summed E-state index contributed by atoms with van der Waals surface area (Å²) in [4.78, 5) is 39.0. The molecule has 0 aromatic heterocycles. The lowest BCUT2D eigenvalue weighted by Gasteiger charge is -2.42. The van der Waals surface area contributed by atoms with Crippen molar-refractivity contribution in [1.29, 1.82) is 0 Å². The summed E-state index contributed by atoms with van der Waals surface area (Å²) in [5.41, 5.74) is 0. The second-order valence-corrected chi connectivity index (χ2v) is 20.3. The van der Waals surface area contributed by atoms with Gasteiger partial charge in [0.25, 0.3) is 4.87 Å². The van der Waals surface area contributed by atoms with Crippen molar-refractivity contribution >= 4 is 41.0 Å². The van der Waals surface area contributed by atoms with E-state index in [0.717, 1.165) is 22.8 Å². The van der Waals surface area contributed by atoms with Crippen molar-refractivity contribution in [2.45, 2.75) is 114 Å². The number of ether oxygens (including phenoxy) is 14. The number of hydrogen-bond donors (Lipinski definition) is 4. The van der Waals surface area contributed by atoms with Gasteiger partial charge in [0, 0.05) is 57.0 Å². The molecule has 0 spiro atoms. The molecule has 1 rings (SSSR count). The number of thioether (sulfide) groups is 2. The zero-order valence-corrected chi connectivity index (χ0v) is 46.7. The van der Waals surface area contributed by atoms with Gasteiger partial charge in [-0.05, 0) is 36.8 Å². The number of ketones is 2. The number of nitrogens with zero attached hydrogens (tertiary/aromatic N) is 1. The molecule has 1 heterocycles. The first-order valence-electron chi connectivity index (χ1n) is 26.3. The largest absolute Gasteiger partial charge is 0.394 e. The normalized spacial score (nSPS) is 18.4. The van der Waals surface area contributed by atoms with Crippen LogP contribution in [0.3, 0.4) is 0 Å². The van der Waals surface area contributed by atoms with Crippen molar-refractivity contribution in [3.05, 3.63) is 22.2 Å². The van der Waals surface area contributed by atoms with Crippen LogP contribution in [0, 0.1) is 6.57 Å². The van der Waals surface area contributed by atoms with Gasteiger partial charge in [0.1, 0.15) is 36.7 Å². The number of aliphatic hydroxyl groups excluding tert-OH is 3. The van der Waals surface area contributed by atoms with Crippen molar-refractivity contribution < 1.29 is 96.0 Å². The Morgan fingerprint density at radius 1 is 0.587 bits per heavy atom. The zero-order chi connectivity index (χ0) is 54.9. The molecule has 22 nitrogen and oxygen atoms in total. The van der Waals surface area contributed by atoms with Crippen LogP contribution in [0.2, 0.25) is 0 Å². The maximum Gasteiger partial charge on any atom is 0.280 e. The van der Waals surface area contributed by atoms with E-state index in [-0.39, 0.29) is 24.8 Å². The van der Waals surface area contributed by atoms with E-state index in [4.69, 9.17) is 72.9 Å². The van der Waals surface area contributed by atoms with Gasteiger partial charge < -0.3 is 87.0 Å². The van der Waals surface area contributed by atoms with Crippen LogP contribution in [0.4, 0.5) is 0 Å². The summed E-state index contributed by atoms with van der Waals surface area (Å²) in [6.45, 7) is 26.7. The minimum Gasteiger partial charge on any atom is -0.394 e. The van der Waals surface area contributed by atoms with Gasteiger partial charge in [-0.1, -0.05) is 26.3 Å². The third-order valence-electron chi connectivity index (χ3n) is 10.7. The lowest BCUT2D eigenvalue weighted by molar-refractivity contribution is -0.270. The van der Waals surface area contributed by atoms with Crippen molar-refractivity contribution in [2.24, 2.45) is 0 Å². The second kappa shape index (κ2) is 50.3. The number of hydrogen-bond acceptors (Lipinski definition) is 22. The van der Waals surface area contributed by atoms with Crippen LogP contribution in [0.5, 0.6) is 0 Å². The fraction of sp³-hybridized carbons (Fsp3) is 0.882. The lowest BCUT2D eigenvalue weighted by atomic mass is 9.97. The minimum absolute atomic E-state index is 0.0157. The molecule has 24 heteroatoms. The molecule has 1 aliphatic heterocycles. The molecule has 1 unspecified atom stereocenters. The third-order valence-corrected chi connectivity index (χ3v) is 12.9. The van der Waals surface area contributed by atoms with E-state index in [9.17, 15) is 29.7 Å². The molecule has 0 bridgehead atoms. The zero-order valence-electron chi connectivity index (χ0n) is 45.1. The number of amides is 1. The molecule has 75 heavy (non-hydrogen) atoms. The number of unbranched alkanes of at least 4 members (excludes halogenated alkanes) is 3. The minimum atomic E-state index is -1.36. The summed E-state index contributed by atoms with van der Waals surface area (Å²) >= 11 is 3.08. The number of rotatable bonds is 56. The van der Waals surface area contributed by atoms with Crippen molar-refractivity contribution in [1.82, 2.24) is 5.32 Å². The first-order valence-corrected chi connectivity index (χ1v) is 28.1. The number of nitrogens with one attached hydrogen (secondary N) is 1. The van der Waals surface area contributed by atoms with Crippen LogP contribution in [0.25, 0.3) is 4.85 Å². The summed E-state index contributed by atoms with van der Waals surface area (Å²) in [6, 6.07) is -0.966. The Hall–Kier alpha value is -1.94. The Kier molecular flexibility index (Phi) is 47.7. The first-order chi connectivity index (χ1) is 36.5. The predicted molar refractivity (Wildman–Crippen MR) is 283 cm³/mol. The van der Waals surface area contributed by atoms with Gasteiger partial charge in [0.05, 0.1) is 152 Å². The van der Waals surface area contributed by atoms with E-state index in [2.05, 4.69) is 16.7 Å². The van der Waals surface area contributed by atoms with Gasteiger partial charge in [-0.15, -0.1) is 11.8 Å².